The summed E-state index contributed by atoms with van der Waals surface area (Å²) in [5.74, 6) is 3.07. The van der Waals surface area contributed by atoms with Gasteiger partial charge in [0.1, 0.15) is 11.5 Å². The molecule has 8 nitrogen and oxygen atoms in total. The minimum atomic E-state index is 0.332. The molecule has 2 N–H and O–H groups in total. The number of pyridine rings is 1. The average molecular weight is 428 g/mol. The molecule has 2 aromatic rings. The first-order valence-corrected chi connectivity index (χ1v) is 10.6. The Hall–Kier alpha value is -3.00. The van der Waals surface area contributed by atoms with Crippen LogP contribution in [0.1, 0.15) is 24.5 Å². The summed E-state index contributed by atoms with van der Waals surface area (Å²) in [5, 5.41) is 6.91. The van der Waals surface area contributed by atoms with Crippen molar-refractivity contribution in [2.75, 3.05) is 41.0 Å². The summed E-state index contributed by atoms with van der Waals surface area (Å²) in [5.41, 5.74) is 2.19. The molecule has 0 amide bonds. The number of methoxy groups -OCH3 is 2. The third kappa shape index (κ3) is 6.49. The highest BCUT2D eigenvalue weighted by Crippen LogP contribution is 2.24. The van der Waals surface area contributed by atoms with Crippen LogP contribution in [-0.4, -0.2) is 62.8 Å². The van der Waals surface area contributed by atoms with Gasteiger partial charge in [0.05, 0.1) is 20.8 Å². The Bertz CT molecular complexity index is 852. The fourth-order valence-corrected chi connectivity index (χ4v) is 3.70. The quantitative estimate of drug-likeness (QED) is 0.470. The molecule has 1 fully saturated rings. The summed E-state index contributed by atoms with van der Waals surface area (Å²) in [7, 11) is 5.14. The number of benzene rings is 1. The second kappa shape index (κ2) is 11.4. The standard InChI is InChI=1S/C23H33N5O3/c1-5-31-22-18(7-6-9-25-22)14-26-23(24-2)27-19-8-10-28(16-19)15-17-11-20(29-3)13-21(12-17)30-4/h6-7,9,11-13,19H,5,8,10,14-16H2,1-4H3,(H2,24,26,27). The lowest BCUT2D eigenvalue weighted by atomic mass is 10.2. The van der Waals surface area contributed by atoms with Gasteiger partial charge in [0.15, 0.2) is 5.96 Å². The highest BCUT2D eigenvalue weighted by molar-refractivity contribution is 5.80. The van der Waals surface area contributed by atoms with E-state index in [0.29, 0.717) is 25.1 Å². The molecule has 168 valence electrons. The fraction of sp³-hybridized carbons (Fsp3) is 0.478. The van der Waals surface area contributed by atoms with Crippen LogP contribution >= 0.6 is 0 Å². The molecule has 1 saturated heterocycles. The maximum absolute atomic E-state index is 5.60. The van der Waals surface area contributed by atoms with Gasteiger partial charge in [0.25, 0.3) is 0 Å². The zero-order valence-corrected chi connectivity index (χ0v) is 18.9. The van der Waals surface area contributed by atoms with Gasteiger partial charge < -0.3 is 24.8 Å². The van der Waals surface area contributed by atoms with E-state index in [1.54, 1.807) is 27.5 Å². The number of ether oxygens (including phenoxy) is 3. The molecule has 0 radical (unpaired) electrons. The maximum atomic E-state index is 5.60. The highest BCUT2D eigenvalue weighted by Gasteiger charge is 2.23. The molecule has 0 saturated carbocycles. The lowest BCUT2D eigenvalue weighted by Gasteiger charge is -2.20. The first kappa shape index (κ1) is 22.7. The lowest BCUT2D eigenvalue weighted by molar-refractivity contribution is 0.321. The van der Waals surface area contributed by atoms with Crippen LogP contribution < -0.4 is 24.8 Å². The molecule has 8 heteroatoms. The van der Waals surface area contributed by atoms with Gasteiger partial charge in [0.2, 0.25) is 5.88 Å². The predicted molar refractivity (Wildman–Crippen MR) is 122 cm³/mol. The van der Waals surface area contributed by atoms with E-state index in [9.17, 15) is 0 Å². The summed E-state index contributed by atoms with van der Waals surface area (Å²) in [6.07, 6.45) is 2.80. The molecule has 0 spiro atoms. The number of hydrogen-bond acceptors (Lipinski definition) is 6. The molecule has 0 bridgehead atoms. The largest absolute Gasteiger partial charge is 0.497 e. The van der Waals surface area contributed by atoms with Crippen molar-refractivity contribution in [3.05, 3.63) is 47.7 Å². The smallest absolute Gasteiger partial charge is 0.218 e. The van der Waals surface area contributed by atoms with E-state index >= 15 is 0 Å². The molecule has 1 aromatic carbocycles. The minimum absolute atomic E-state index is 0.332. The van der Waals surface area contributed by atoms with Crippen molar-refractivity contribution in [1.29, 1.82) is 0 Å². The monoisotopic (exact) mass is 427 g/mol. The molecule has 1 aromatic heterocycles. The van der Waals surface area contributed by atoms with Crippen LogP contribution in [0.15, 0.2) is 41.5 Å². The molecule has 0 aliphatic carbocycles. The van der Waals surface area contributed by atoms with E-state index in [1.807, 2.05) is 25.1 Å². The van der Waals surface area contributed by atoms with Gasteiger partial charge in [-0.3, -0.25) is 9.89 Å². The average Bonchev–Trinajstić information content (AvgIpc) is 3.23. The Labute approximate surface area is 184 Å². The zero-order valence-electron chi connectivity index (χ0n) is 18.9. The first-order valence-electron chi connectivity index (χ1n) is 10.6. The second-order valence-electron chi connectivity index (χ2n) is 7.41. The summed E-state index contributed by atoms with van der Waals surface area (Å²) in [6.45, 7) is 5.96. The summed E-state index contributed by atoms with van der Waals surface area (Å²) >= 11 is 0. The zero-order chi connectivity index (χ0) is 22.1. The number of likely N-dealkylation sites (tertiary alicyclic amines) is 1. The Kier molecular flexibility index (Phi) is 8.35. The molecule has 1 aliphatic heterocycles. The maximum Gasteiger partial charge on any atom is 0.218 e. The highest BCUT2D eigenvalue weighted by atomic mass is 16.5. The summed E-state index contributed by atoms with van der Waals surface area (Å²) in [4.78, 5) is 11.1. The molecule has 1 aliphatic rings. The molecule has 1 atom stereocenters. The van der Waals surface area contributed by atoms with Crippen LogP contribution in [0.2, 0.25) is 0 Å². The van der Waals surface area contributed by atoms with E-state index in [4.69, 9.17) is 14.2 Å². The summed E-state index contributed by atoms with van der Waals surface area (Å²) < 4.78 is 16.4. The number of aliphatic imine (C=N–C) groups is 1. The van der Waals surface area contributed by atoms with E-state index in [-0.39, 0.29) is 0 Å². The molecule has 2 heterocycles. The molecular formula is C23H33N5O3. The first-order chi connectivity index (χ1) is 15.1. The number of aromatic nitrogens is 1. The van der Waals surface area contributed by atoms with E-state index < -0.39 is 0 Å². The second-order valence-corrected chi connectivity index (χ2v) is 7.41. The topological polar surface area (TPSA) is 80.2 Å². The normalized spacial score (nSPS) is 16.8. The van der Waals surface area contributed by atoms with Crippen molar-refractivity contribution in [3.63, 3.8) is 0 Å². The predicted octanol–water partition coefficient (Wildman–Crippen LogP) is 2.44. The number of hydrogen-bond donors (Lipinski definition) is 2. The number of nitrogens with one attached hydrogen (secondary N) is 2. The van der Waals surface area contributed by atoms with Gasteiger partial charge in [0, 0.05) is 57.1 Å². The minimum Gasteiger partial charge on any atom is -0.497 e. The van der Waals surface area contributed by atoms with Crippen LogP contribution in [-0.2, 0) is 13.1 Å². The molecule has 1 unspecified atom stereocenters. The molecule has 31 heavy (non-hydrogen) atoms. The Balaban J connectivity index is 1.52. The Morgan fingerprint density at radius 2 is 2.00 bits per heavy atom. The number of rotatable bonds is 9. The van der Waals surface area contributed by atoms with Crippen molar-refractivity contribution in [3.8, 4) is 17.4 Å². The van der Waals surface area contributed by atoms with Gasteiger partial charge in [-0.25, -0.2) is 4.98 Å². The van der Waals surface area contributed by atoms with Crippen LogP contribution in [0.4, 0.5) is 0 Å². The van der Waals surface area contributed by atoms with Crippen molar-refractivity contribution < 1.29 is 14.2 Å². The van der Waals surface area contributed by atoms with Crippen LogP contribution in [0, 0.1) is 0 Å². The van der Waals surface area contributed by atoms with Crippen molar-refractivity contribution in [2.45, 2.75) is 32.5 Å². The lowest BCUT2D eigenvalue weighted by Crippen LogP contribution is -2.44. The number of guanidine groups is 1. The van der Waals surface area contributed by atoms with Crippen molar-refractivity contribution in [1.82, 2.24) is 20.5 Å². The van der Waals surface area contributed by atoms with Crippen molar-refractivity contribution >= 4 is 5.96 Å². The fourth-order valence-electron chi connectivity index (χ4n) is 3.70. The van der Waals surface area contributed by atoms with E-state index in [1.165, 1.54) is 5.56 Å². The van der Waals surface area contributed by atoms with Crippen LogP contribution in [0.3, 0.4) is 0 Å². The van der Waals surface area contributed by atoms with E-state index in [0.717, 1.165) is 49.1 Å². The Morgan fingerprint density at radius 3 is 2.68 bits per heavy atom. The van der Waals surface area contributed by atoms with Gasteiger partial charge in [-0.05, 0) is 37.1 Å². The Morgan fingerprint density at radius 1 is 1.23 bits per heavy atom. The summed E-state index contributed by atoms with van der Waals surface area (Å²) in [6, 6.07) is 10.3. The van der Waals surface area contributed by atoms with E-state index in [2.05, 4.69) is 37.6 Å². The van der Waals surface area contributed by atoms with Gasteiger partial charge >= 0.3 is 0 Å². The molecule has 3 rings (SSSR count). The van der Waals surface area contributed by atoms with Gasteiger partial charge in [-0.15, -0.1) is 0 Å². The van der Waals surface area contributed by atoms with Gasteiger partial charge in [-0.2, -0.15) is 0 Å². The SMILES string of the molecule is CCOc1ncccc1CNC(=NC)NC1CCN(Cc2cc(OC)cc(OC)c2)C1. The molecular weight excluding hydrogens is 394 g/mol. The third-order valence-electron chi connectivity index (χ3n) is 5.23. The van der Waals surface area contributed by atoms with Crippen LogP contribution in [0.5, 0.6) is 17.4 Å². The van der Waals surface area contributed by atoms with Crippen molar-refractivity contribution in [2.24, 2.45) is 4.99 Å². The third-order valence-corrected chi connectivity index (χ3v) is 5.23. The number of nitrogens with zero attached hydrogens (tertiary/aromatic N) is 3. The van der Waals surface area contributed by atoms with Gasteiger partial charge in [-0.1, -0.05) is 6.07 Å². The van der Waals surface area contributed by atoms with Crippen LogP contribution in [0.25, 0.3) is 0 Å².